The van der Waals surface area contributed by atoms with Crippen LogP contribution in [0, 0.1) is 0 Å². The summed E-state index contributed by atoms with van der Waals surface area (Å²) in [6.45, 7) is -0.0325. The highest BCUT2D eigenvalue weighted by Gasteiger charge is 2.03. The number of urea groups is 1. The van der Waals surface area contributed by atoms with Gasteiger partial charge in [-0.25, -0.2) is 4.79 Å². The number of primary amides is 1. The molecule has 0 saturated carbocycles. The summed E-state index contributed by atoms with van der Waals surface area (Å²) in [5.74, 6) is -1.54. The van der Waals surface area contributed by atoms with E-state index >= 15 is 0 Å². The highest BCUT2D eigenvalue weighted by molar-refractivity contribution is 5.93. The van der Waals surface area contributed by atoms with Crippen molar-refractivity contribution in [3.05, 3.63) is 0 Å². The lowest BCUT2D eigenvalue weighted by Crippen LogP contribution is -2.37. The Labute approximate surface area is 74.3 Å². The quantitative estimate of drug-likeness (QED) is 0.382. The number of nitrogens with two attached hydrogens (primary N) is 1. The van der Waals surface area contributed by atoms with E-state index in [1.807, 2.05) is 5.32 Å². The summed E-state index contributed by atoms with van der Waals surface area (Å²) in [5, 5.41) is 12.5. The minimum atomic E-state index is -1.00. The summed E-state index contributed by atoms with van der Waals surface area (Å²) >= 11 is 0. The van der Waals surface area contributed by atoms with E-state index in [0.29, 0.717) is 0 Å². The molecule has 0 aliphatic carbocycles. The van der Waals surface area contributed by atoms with Crippen LogP contribution in [0.15, 0.2) is 0 Å². The molecule has 0 unspecified atom stereocenters. The number of amides is 3. The van der Waals surface area contributed by atoms with Crippen molar-refractivity contribution >= 4 is 17.9 Å². The van der Waals surface area contributed by atoms with Crippen LogP contribution >= 0.6 is 0 Å². The Bertz CT molecular complexity index is 216. The molecule has 5 N–H and O–H groups in total. The predicted molar refractivity (Wildman–Crippen MR) is 42.8 cm³/mol. The fraction of sp³-hybridized carbons (Fsp3) is 0.500. The van der Waals surface area contributed by atoms with Crippen molar-refractivity contribution in [3.8, 4) is 0 Å². The molecule has 74 valence electrons. The lowest BCUT2D eigenvalue weighted by Gasteiger charge is -2.00. The minimum Gasteiger partial charge on any atom is -0.480 e. The monoisotopic (exact) mass is 189 g/mol. The molecule has 0 atom stereocenters. The lowest BCUT2D eigenvalue weighted by molar-refractivity contribution is -0.136. The van der Waals surface area contributed by atoms with Crippen LogP contribution in [0.25, 0.3) is 0 Å². The first-order valence-corrected chi connectivity index (χ1v) is 3.54. The number of imide groups is 1. The molecular formula is C6H11N3O4. The molecule has 3 amide bonds. The second-order valence-electron chi connectivity index (χ2n) is 2.23. The highest BCUT2D eigenvalue weighted by atomic mass is 16.4. The first-order valence-electron chi connectivity index (χ1n) is 3.54. The van der Waals surface area contributed by atoms with Crippen LogP contribution in [0.1, 0.15) is 6.42 Å². The van der Waals surface area contributed by atoms with E-state index in [2.05, 4.69) is 11.1 Å². The van der Waals surface area contributed by atoms with Crippen LogP contribution in [-0.2, 0) is 9.59 Å². The fourth-order valence-corrected chi connectivity index (χ4v) is 0.597. The molecule has 0 fully saturated rings. The summed E-state index contributed by atoms with van der Waals surface area (Å²) in [7, 11) is 0. The normalized spacial score (nSPS) is 9.23. The number of hydrogen-bond acceptors (Lipinski definition) is 4. The summed E-state index contributed by atoms with van der Waals surface area (Å²) < 4.78 is 0. The van der Waals surface area contributed by atoms with E-state index < -0.39 is 17.9 Å². The molecular weight excluding hydrogens is 178 g/mol. The molecule has 0 radical (unpaired) electrons. The summed E-state index contributed by atoms with van der Waals surface area (Å²) in [5.41, 5.74) is 4.66. The number of carbonyl (C=O) groups excluding carboxylic acids is 2. The largest absolute Gasteiger partial charge is 0.480 e. The molecule has 0 spiro atoms. The Balaban J connectivity index is 3.37. The molecule has 0 heterocycles. The number of carboxylic acid groups (broad SMARTS) is 1. The van der Waals surface area contributed by atoms with Crippen molar-refractivity contribution in [1.82, 2.24) is 10.6 Å². The van der Waals surface area contributed by atoms with Crippen LogP contribution in [0.5, 0.6) is 0 Å². The number of aliphatic carboxylic acids is 1. The molecule has 0 aliphatic heterocycles. The smallest absolute Gasteiger partial charge is 0.318 e. The molecule has 0 aromatic rings. The van der Waals surface area contributed by atoms with E-state index in [0.717, 1.165) is 0 Å². The van der Waals surface area contributed by atoms with Gasteiger partial charge < -0.3 is 16.2 Å². The molecule has 0 saturated heterocycles. The number of rotatable bonds is 5. The lowest BCUT2D eigenvalue weighted by atomic mass is 10.4. The number of carbonyl (C=O) groups is 3. The molecule has 7 nitrogen and oxygen atoms in total. The van der Waals surface area contributed by atoms with Gasteiger partial charge >= 0.3 is 12.0 Å². The van der Waals surface area contributed by atoms with Crippen molar-refractivity contribution in [1.29, 1.82) is 0 Å². The van der Waals surface area contributed by atoms with Gasteiger partial charge in [0.1, 0.15) is 0 Å². The zero-order valence-electron chi connectivity index (χ0n) is 6.87. The average molecular weight is 189 g/mol. The van der Waals surface area contributed by atoms with Gasteiger partial charge in [-0.3, -0.25) is 14.9 Å². The van der Waals surface area contributed by atoms with Crippen LogP contribution in [0.3, 0.4) is 0 Å². The van der Waals surface area contributed by atoms with Crippen LogP contribution in [0.4, 0.5) is 4.79 Å². The molecule has 0 rings (SSSR count). The maximum atomic E-state index is 10.7. The molecule has 13 heavy (non-hydrogen) atoms. The topological polar surface area (TPSA) is 122 Å². The Morgan fingerprint density at radius 2 is 1.92 bits per heavy atom. The maximum Gasteiger partial charge on any atom is 0.318 e. The van der Waals surface area contributed by atoms with Crippen LogP contribution < -0.4 is 16.4 Å². The van der Waals surface area contributed by atoms with Crippen LogP contribution in [-0.4, -0.2) is 36.1 Å². The molecule has 0 aromatic carbocycles. The Morgan fingerprint density at radius 3 is 2.38 bits per heavy atom. The minimum absolute atomic E-state index is 0.0101. The first kappa shape index (κ1) is 11.4. The van der Waals surface area contributed by atoms with Gasteiger partial charge in [0.2, 0.25) is 5.91 Å². The van der Waals surface area contributed by atoms with E-state index in [9.17, 15) is 14.4 Å². The zero-order valence-corrected chi connectivity index (χ0v) is 6.87. The van der Waals surface area contributed by atoms with E-state index in [4.69, 9.17) is 5.11 Å². The van der Waals surface area contributed by atoms with E-state index in [-0.39, 0.29) is 19.5 Å². The van der Waals surface area contributed by atoms with Crippen molar-refractivity contribution in [2.45, 2.75) is 6.42 Å². The third kappa shape index (κ3) is 8.27. The summed E-state index contributed by atoms with van der Waals surface area (Å²) in [6.07, 6.45) is 0.0101. The predicted octanol–water partition coefficient (Wildman–Crippen LogP) is -1.75. The van der Waals surface area contributed by atoms with Gasteiger partial charge in [0.25, 0.3) is 0 Å². The SMILES string of the molecule is NC(=O)NC(=O)CCNCC(=O)O. The number of nitrogens with one attached hydrogen (secondary N) is 2. The molecule has 0 aromatic heterocycles. The van der Waals surface area contributed by atoms with Gasteiger partial charge in [-0.05, 0) is 0 Å². The van der Waals surface area contributed by atoms with E-state index in [1.54, 1.807) is 0 Å². The van der Waals surface area contributed by atoms with Gasteiger partial charge in [-0.1, -0.05) is 0 Å². The number of hydrogen-bond donors (Lipinski definition) is 4. The third-order valence-corrected chi connectivity index (χ3v) is 1.07. The summed E-state index contributed by atoms with van der Waals surface area (Å²) in [6, 6.07) is -0.914. The van der Waals surface area contributed by atoms with Crippen LogP contribution in [0.2, 0.25) is 0 Å². The second kappa shape index (κ2) is 5.95. The second-order valence-corrected chi connectivity index (χ2v) is 2.23. The third-order valence-electron chi connectivity index (χ3n) is 1.07. The van der Waals surface area contributed by atoms with Gasteiger partial charge in [-0.2, -0.15) is 0 Å². The highest BCUT2D eigenvalue weighted by Crippen LogP contribution is 1.76. The van der Waals surface area contributed by atoms with E-state index in [1.165, 1.54) is 0 Å². The Hall–Kier alpha value is -1.63. The molecule has 0 aliphatic rings. The average Bonchev–Trinajstić information content (AvgIpc) is 1.96. The Morgan fingerprint density at radius 1 is 1.31 bits per heavy atom. The van der Waals surface area contributed by atoms with Gasteiger partial charge in [0.05, 0.1) is 6.54 Å². The van der Waals surface area contributed by atoms with Crippen molar-refractivity contribution in [3.63, 3.8) is 0 Å². The summed E-state index contributed by atoms with van der Waals surface area (Å²) in [4.78, 5) is 30.8. The van der Waals surface area contributed by atoms with Gasteiger partial charge in [0, 0.05) is 13.0 Å². The van der Waals surface area contributed by atoms with Crippen molar-refractivity contribution in [2.24, 2.45) is 5.73 Å². The number of carboxylic acids is 1. The maximum absolute atomic E-state index is 10.7. The van der Waals surface area contributed by atoms with Crippen molar-refractivity contribution in [2.75, 3.05) is 13.1 Å². The Kier molecular flexibility index (Phi) is 5.20. The van der Waals surface area contributed by atoms with Gasteiger partial charge in [-0.15, -0.1) is 0 Å². The fourth-order valence-electron chi connectivity index (χ4n) is 0.597. The zero-order chi connectivity index (χ0) is 10.3. The molecule has 7 heteroatoms. The van der Waals surface area contributed by atoms with Crippen molar-refractivity contribution < 1.29 is 19.5 Å². The first-order chi connectivity index (χ1) is 6.02. The van der Waals surface area contributed by atoms with Gasteiger partial charge in [0.15, 0.2) is 0 Å². The standard InChI is InChI=1S/C6H11N3O4/c7-6(13)9-4(10)1-2-8-3-5(11)12/h8H,1-3H2,(H,11,12)(H3,7,9,10,13). The molecule has 0 bridgehead atoms.